The summed E-state index contributed by atoms with van der Waals surface area (Å²) < 4.78 is 12.6. The lowest BCUT2D eigenvalue weighted by molar-refractivity contribution is -0.152. The second-order valence-electron chi connectivity index (χ2n) is 8.57. The summed E-state index contributed by atoms with van der Waals surface area (Å²) >= 11 is 0. The minimum atomic E-state index is -1.41. The van der Waals surface area contributed by atoms with Gasteiger partial charge in [0.2, 0.25) is 0 Å². The zero-order valence-electron chi connectivity index (χ0n) is 20.2. The van der Waals surface area contributed by atoms with Crippen molar-refractivity contribution in [3.8, 4) is 22.8 Å². The molecule has 34 heavy (non-hydrogen) atoms. The summed E-state index contributed by atoms with van der Waals surface area (Å²) in [6, 6.07) is 15.2. The first kappa shape index (κ1) is 24.8. The monoisotopic (exact) mass is 465 g/mol. The number of aryl methyl sites for hydroxylation is 2. The number of hydrogen-bond acceptors (Lipinski definition) is 5. The van der Waals surface area contributed by atoms with Crippen LogP contribution in [0.4, 0.5) is 0 Å². The molecule has 2 aromatic carbocycles. The molecule has 1 heterocycles. The summed E-state index contributed by atoms with van der Waals surface area (Å²) in [7, 11) is 3.29. The Balaban J connectivity index is 1.69. The predicted molar refractivity (Wildman–Crippen MR) is 129 cm³/mol. The van der Waals surface area contributed by atoms with Crippen molar-refractivity contribution in [3.63, 3.8) is 0 Å². The normalized spacial score (nSPS) is 11.2. The van der Waals surface area contributed by atoms with Crippen molar-refractivity contribution < 1.29 is 24.2 Å². The van der Waals surface area contributed by atoms with Crippen molar-refractivity contribution >= 4 is 11.9 Å². The number of amides is 1. The molecule has 1 amide bonds. The van der Waals surface area contributed by atoms with E-state index in [1.807, 2.05) is 19.2 Å². The standard InChI is InChI=1S/C26H31N3O5/c1-6-7-17-8-11-19(12-9-17)21-15-20(28-29(21)4)24(30)27-16-18-10-13-22(23(14-18)33-5)34-26(2,3)25(31)32/h8-15H,6-7,16H2,1-5H3,(H,27,30)(H,31,32). The van der Waals surface area contributed by atoms with Gasteiger partial charge in [0.1, 0.15) is 0 Å². The summed E-state index contributed by atoms with van der Waals surface area (Å²) in [6.07, 6.45) is 2.13. The molecule has 0 aliphatic heterocycles. The Kier molecular flexibility index (Phi) is 7.61. The van der Waals surface area contributed by atoms with Crippen LogP contribution in [0.15, 0.2) is 48.5 Å². The molecule has 8 nitrogen and oxygen atoms in total. The lowest BCUT2D eigenvalue weighted by atomic mass is 10.1. The van der Waals surface area contributed by atoms with Crippen LogP contribution < -0.4 is 14.8 Å². The topological polar surface area (TPSA) is 103 Å². The third-order valence-corrected chi connectivity index (χ3v) is 5.46. The smallest absolute Gasteiger partial charge is 0.347 e. The van der Waals surface area contributed by atoms with Gasteiger partial charge in [-0.25, -0.2) is 4.79 Å². The second-order valence-corrected chi connectivity index (χ2v) is 8.57. The fourth-order valence-electron chi connectivity index (χ4n) is 3.48. The molecule has 0 spiro atoms. The SMILES string of the molecule is CCCc1ccc(-c2cc(C(=O)NCc3ccc(OC(C)(C)C(=O)O)c(OC)c3)nn2C)cc1. The van der Waals surface area contributed by atoms with E-state index in [4.69, 9.17) is 9.47 Å². The number of aromatic nitrogens is 2. The summed E-state index contributed by atoms with van der Waals surface area (Å²) in [5.41, 5.74) is 2.83. The van der Waals surface area contributed by atoms with Gasteiger partial charge < -0.3 is 19.9 Å². The number of carboxylic acid groups (broad SMARTS) is 1. The lowest BCUT2D eigenvalue weighted by Crippen LogP contribution is -2.38. The molecule has 0 atom stereocenters. The number of carbonyl (C=O) groups excluding carboxylic acids is 1. The Hall–Kier alpha value is -3.81. The van der Waals surface area contributed by atoms with Crippen molar-refractivity contribution in [2.45, 2.75) is 45.8 Å². The van der Waals surface area contributed by atoms with Gasteiger partial charge in [-0.15, -0.1) is 0 Å². The number of ether oxygens (including phenoxy) is 2. The molecular weight excluding hydrogens is 434 g/mol. The van der Waals surface area contributed by atoms with Gasteiger partial charge in [-0.2, -0.15) is 5.10 Å². The van der Waals surface area contributed by atoms with Gasteiger partial charge in [0, 0.05) is 13.6 Å². The van der Waals surface area contributed by atoms with Crippen molar-refractivity contribution in [3.05, 3.63) is 65.4 Å². The zero-order valence-corrected chi connectivity index (χ0v) is 20.2. The Labute approximate surface area is 199 Å². The predicted octanol–water partition coefficient (Wildman–Crippen LogP) is 4.22. The van der Waals surface area contributed by atoms with E-state index in [2.05, 4.69) is 29.5 Å². The fourth-order valence-corrected chi connectivity index (χ4v) is 3.48. The van der Waals surface area contributed by atoms with Crippen LogP contribution in [0, 0.1) is 0 Å². The molecule has 0 fully saturated rings. The number of carboxylic acids is 1. The molecule has 0 unspecified atom stereocenters. The minimum absolute atomic E-state index is 0.245. The van der Waals surface area contributed by atoms with Crippen LogP contribution in [-0.4, -0.2) is 39.5 Å². The van der Waals surface area contributed by atoms with E-state index in [9.17, 15) is 14.7 Å². The molecule has 0 bridgehead atoms. The van der Waals surface area contributed by atoms with Gasteiger partial charge >= 0.3 is 5.97 Å². The molecule has 0 aliphatic carbocycles. The molecule has 2 N–H and O–H groups in total. The lowest BCUT2D eigenvalue weighted by Gasteiger charge is -2.23. The first-order valence-electron chi connectivity index (χ1n) is 11.2. The summed E-state index contributed by atoms with van der Waals surface area (Å²) in [5, 5.41) is 16.5. The molecule has 1 aromatic heterocycles. The molecule has 0 aliphatic rings. The number of benzene rings is 2. The van der Waals surface area contributed by atoms with Gasteiger partial charge in [-0.1, -0.05) is 43.7 Å². The Morgan fingerprint density at radius 2 is 1.74 bits per heavy atom. The van der Waals surface area contributed by atoms with Crippen LogP contribution in [0.2, 0.25) is 0 Å². The second kappa shape index (κ2) is 10.4. The van der Waals surface area contributed by atoms with Crippen molar-refractivity contribution in [2.75, 3.05) is 7.11 Å². The number of carbonyl (C=O) groups is 2. The first-order valence-corrected chi connectivity index (χ1v) is 11.2. The van der Waals surface area contributed by atoms with Crippen LogP contribution >= 0.6 is 0 Å². The van der Waals surface area contributed by atoms with Crippen LogP contribution in [0.5, 0.6) is 11.5 Å². The quantitative estimate of drug-likeness (QED) is 0.465. The average molecular weight is 466 g/mol. The van der Waals surface area contributed by atoms with Gasteiger partial charge in [-0.3, -0.25) is 9.48 Å². The van der Waals surface area contributed by atoms with Crippen LogP contribution in [0.25, 0.3) is 11.3 Å². The minimum Gasteiger partial charge on any atom is -0.493 e. The van der Waals surface area contributed by atoms with Crippen LogP contribution in [-0.2, 0) is 24.8 Å². The third-order valence-electron chi connectivity index (χ3n) is 5.46. The number of aliphatic carboxylic acids is 1. The van der Waals surface area contributed by atoms with E-state index in [1.165, 1.54) is 26.5 Å². The van der Waals surface area contributed by atoms with E-state index in [0.717, 1.165) is 29.7 Å². The Bertz CT molecular complexity index is 1170. The highest BCUT2D eigenvalue weighted by Crippen LogP contribution is 2.31. The van der Waals surface area contributed by atoms with Gasteiger partial charge in [0.25, 0.3) is 5.91 Å². The maximum Gasteiger partial charge on any atom is 0.347 e. The fraction of sp³-hybridized carbons (Fsp3) is 0.346. The zero-order chi connectivity index (χ0) is 24.9. The number of rotatable bonds is 10. The maximum absolute atomic E-state index is 12.7. The Morgan fingerprint density at radius 3 is 2.35 bits per heavy atom. The summed E-state index contributed by atoms with van der Waals surface area (Å²) in [5.74, 6) is -0.690. The molecule has 180 valence electrons. The highest BCUT2D eigenvalue weighted by atomic mass is 16.5. The third kappa shape index (κ3) is 5.75. The van der Waals surface area contributed by atoms with E-state index in [0.29, 0.717) is 17.2 Å². The largest absolute Gasteiger partial charge is 0.493 e. The Morgan fingerprint density at radius 1 is 1.06 bits per heavy atom. The van der Waals surface area contributed by atoms with Crippen molar-refractivity contribution in [2.24, 2.45) is 7.05 Å². The van der Waals surface area contributed by atoms with Gasteiger partial charge in [0.15, 0.2) is 22.8 Å². The summed E-state index contributed by atoms with van der Waals surface area (Å²) in [4.78, 5) is 24.1. The van der Waals surface area contributed by atoms with Gasteiger partial charge in [-0.05, 0) is 55.2 Å². The molecule has 0 saturated heterocycles. The molecular formula is C26H31N3O5. The highest BCUT2D eigenvalue weighted by Gasteiger charge is 2.30. The number of hydrogen-bond donors (Lipinski definition) is 2. The van der Waals surface area contributed by atoms with E-state index >= 15 is 0 Å². The summed E-state index contributed by atoms with van der Waals surface area (Å²) in [6.45, 7) is 5.32. The van der Waals surface area contributed by atoms with E-state index in [1.54, 1.807) is 28.9 Å². The molecule has 0 saturated carbocycles. The van der Waals surface area contributed by atoms with Gasteiger partial charge in [0.05, 0.1) is 12.8 Å². The maximum atomic E-state index is 12.7. The van der Waals surface area contributed by atoms with Crippen LogP contribution in [0.3, 0.4) is 0 Å². The van der Waals surface area contributed by atoms with E-state index in [-0.39, 0.29) is 12.5 Å². The van der Waals surface area contributed by atoms with Crippen molar-refractivity contribution in [1.29, 1.82) is 0 Å². The molecule has 3 aromatic rings. The number of nitrogens with zero attached hydrogens (tertiary/aromatic N) is 2. The number of methoxy groups -OCH3 is 1. The number of nitrogens with one attached hydrogen (secondary N) is 1. The van der Waals surface area contributed by atoms with Crippen molar-refractivity contribution in [1.82, 2.24) is 15.1 Å². The first-order chi connectivity index (χ1) is 16.1. The van der Waals surface area contributed by atoms with Crippen LogP contribution in [0.1, 0.15) is 48.8 Å². The molecule has 3 rings (SSSR count). The molecule has 0 radical (unpaired) electrons. The average Bonchev–Trinajstić information content (AvgIpc) is 3.20. The highest BCUT2D eigenvalue weighted by molar-refractivity contribution is 5.93. The van der Waals surface area contributed by atoms with E-state index < -0.39 is 11.6 Å². The molecule has 8 heteroatoms.